The number of aromatic amines is 1. The molecule has 196 valence electrons. The Morgan fingerprint density at radius 3 is 2.51 bits per heavy atom. The predicted molar refractivity (Wildman–Crippen MR) is 131 cm³/mol. The number of nitrogens with zero attached hydrogens (tertiary/aromatic N) is 2. The van der Waals surface area contributed by atoms with Crippen molar-refractivity contribution >= 4 is 10.0 Å². The zero-order valence-corrected chi connectivity index (χ0v) is 21.0. The molecular weight excluding hydrogens is 504 g/mol. The maximum Gasteiger partial charge on any atom is 0.434 e. The molecule has 1 saturated carbocycles. The predicted octanol–water partition coefficient (Wildman–Crippen LogP) is 3.69. The van der Waals surface area contributed by atoms with Gasteiger partial charge in [0.15, 0.2) is 0 Å². The van der Waals surface area contributed by atoms with Crippen molar-refractivity contribution in [1.82, 2.24) is 14.5 Å². The highest BCUT2D eigenvalue weighted by Crippen LogP contribution is 2.54. The highest BCUT2D eigenvalue weighted by Gasteiger charge is 2.58. The van der Waals surface area contributed by atoms with E-state index in [-0.39, 0.29) is 36.4 Å². The number of rotatable bonds is 6. The summed E-state index contributed by atoms with van der Waals surface area (Å²) in [6.45, 7) is 4.91. The molecular formula is C26H27F2N3O5S. The van der Waals surface area contributed by atoms with Crippen molar-refractivity contribution in [2.45, 2.75) is 61.5 Å². The number of halogens is 2. The van der Waals surface area contributed by atoms with Gasteiger partial charge < -0.3 is 9.52 Å². The van der Waals surface area contributed by atoms with E-state index in [0.29, 0.717) is 18.4 Å². The maximum absolute atomic E-state index is 15.6. The molecule has 2 atom stereocenters. The molecule has 1 aromatic heterocycles. The topological polar surface area (TPSA) is 116 Å². The molecule has 8 nitrogen and oxygen atoms in total. The van der Waals surface area contributed by atoms with Crippen molar-refractivity contribution in [1.29, 1.82) is 0 Å². The van der Waals surface area contributed by atoms with E-state index >= 15 is 8.78 Å². The lowest BCUT2D eigenvalue weighted by molar-refractivity contribution is -0.0705. The third-order valence-electron chi connectivity index (χ3n) is 7.41. The molecule has 0 bridgehead atoms. The number of aromatic nitrogens is 2. The minimum atomic E-state index is -3.92. The van der Waals surface area contributed by atoms with Gasteiger partial charge in [-0.05, 0) is 50.3 Å². The van der Waals surface area contributed by atoms with Crippen LogP contribution in [0.3, 0.4) is 0 Å². The number of sulfonamides is 1. The standard InChI is InChI=1S/C26H27F2N3O5S/c1-3-18-9-10-22(16-7-5-4-6-8-16)37(34,35)31(18)13-17-11-21(28)19(12-20(17)27)26(14-25(2,33)15-26)23-29-30-24(32)36-23/h3-8,11-12,18,22,33H,1,9-10,13-15H2,2H3,(H,30,32)/t18-,22+,25?,26?/m0/s1. The summed E-state index contributed by atoms with van der Waals surface area (Å²) in [5.74, 6) is -2.63. The molecule has 37 heavy (non-hydrogen) atoms. The molecule has 5 rings (SSSR count). The van der Waals surface area contributed by atoms with Gasteiger partial charge in [0.25, 0.3) is 0 Å². The van der Waals surface area contributed by atoms with Crippen LogP contribution in [0, 0.1) is 11.6 Å². The van der Waals surface area contributed by atoms with Crippen molar-refractivity contribution in [3.05, 3.63) is 99.9 Å². The van der Waals surface area contributed by atoms with Gasteiger partial charge in [-0.2, -0.15) is 4.31 Å². The fourth-order valence-electron chi connectivity index (χ4n) is 5.80. The number of H-pyrrole nitrogens is 1. The number of nitrogens with one attached hydrogen (secondary N) is 1. The Bertz CT molecular complexity index is 1490. The first kappa shape index (κ1) is 25.5. The lowest BCUT2D eigenvalue weighted by Gasteiger charge is -2.49. The Kier molecular flexibility index (Phi) is 6.20. The van der Waals surface area contributed by atoms with Gasteiger partial charge in [0, 0.05) is 23.7 Å². The van der Waals surface area contributed by atoms with Crippen molar-refractivity contribution in [3.8, 4) is 0 Å². The fourth-order valence-corrected chi connectivity index (χ4v) is 7.95. The van der Waals surface area contributed by atoms with Crippen LogP contribution in [0.25, 0.3) is 0 Å². The largest absolute Gasteiger partial charge is 0.434 e. The van der Waals surface area contributed by atoms with E-state index in [1.807, 2.05) is 0 Å². The van der Waals surface area contributed by atoms with E-state index in [1.165, 1.54) is 10.4 Å². The molecule has 2 fully saturated rings. The molecule has 1 aliphatic carbocycles. The van der Waals surface area contributed by atoms with Crippen molar-refractivity contribution in [2.24, 2.45) is 0 Å². The van der Waals surface area contributed by atoms with Gasteiger partial charge in [0.1, 0.15) is 16.9 Å². The van der Waals surface area contributed by atoms with Crippen LogP contribution in [-0.4, -0.2) is 39.7 Å². The van der Waals surface area contributed by atoms with Gasteiger partial charge in [-0.1, -0.05) is 36.4 Å². The third-order valence-corrected chi connectivity index (χ3v) is 9.70. The Hall–Kier alpha value is -3.15. The fraction of sp³-hybridized carbons (Fsp3) is 0.385. The number of hydrogen-bond donors (Lipinski definition) is 2. The molecule has 0 radical (unpaired) electrons. The first-order valence-corrected chi connectivity index (χ1v) is 13.4. The number of benzene rings is 2. The maximum atomic E-state index is 15.6. The summed E-state index contributed by atoms with van der Waals surface area (Å²) in [7, 11) is -3.92. The Morgan fingerprint density at radius 1 is 1.22 bits per heavy atom. The smallest absolute Gasteiger partial charge is 0.391 e. The summed E-state index contributed by atoms with van der Waals surface area (Å²) in [4.78, 5) is 11.6. The Labute approximate surface area is 212 Å². The molecule has 2 N–H and O–H groups in total. The molecule has 2 aliphatic rings. The van der Waals surface area contributed by atoms with Crippen molar-refractivity contribution < 1.29 is 26.7 Å². The first-order chi connectivity index (χ1) is 17.5. The van der Waals surface area contributed by atoms with Crippen molar-refractivity contribution in [2.75, 3.05) is 0 Å². The summed E-state index contributed by atoms with van der Waals surface area (Å²) in [5.41, 5.74) is -2.17. The molecule has 2 aromatic carbocycles. The van der Waals surface area contributed by atoms with Gasteiger partial charge in [0.2, 0.25) is 15.9 Å². The van der Waals surface area contributed by atoms with E-state index in [2.05, 4.69) is 16.8 Å². The summed E-state index contributed by atoms with van der Waals surface area (Å²) in [6, 6.07) is 10.2. The molecule has 3 aromatic rings. The van der Waals surface area contributed by atoms with Crippen LogP contribution in [0.4, 0.5) is 8.78 Å². The zero-order chi connectivity index (χ0) is 26.6. The average molecular weight is 532 g/mol. The highest BCUT2D eigenvalue weighted by molar-refractivity contribution is 7.89. The molecule has 1 aliphatic heterocycles. The summed E-state index contributed by atoms with van der Waals surface area (Å²) in [6.07, 6.45) is 2.29. The van der Waals surface area contributed by atoms with Gasteiger partial charge in [0.05, 0.1) is 11.0 Å². The van der Waals surface area contributed by atoms with Crippen LogP contribution in [0.5, 0.6) is 0 Å². The van der Waals surface area contributed by atoms with E-state index in [9.17, 15) is 18.3 Å². The second kappa shape index (κ2) is 9.00. The normalized spacial score (nSPS) is 29.5. The highest BCUT2D eigenvalue weighted by atomic mass is 32.2. The summed E-state index contributed by atoms with van der Waals surface area (Å²) < 4.78 is 64.5. The van der Waals surface area contributed by atoms with Gasteiger partial charge >= 0.3 is 5.76 Å². The van der Waals surface area contributed by atoms with Crippen LogP contribution >= 0.6 is 0 Å². The number of hydrogen-bond acceptors (Lipinski definition) is 6. The lowest BCUT2D eigenvalue weighted by atomic mass is 9.56. The van der Waals surface area contributed by atoms with E-state index < -0.39 is 49.7 Å². The molecule has 0 spiro atoms. The van der Waals surface area contributed by atoms with Crippen LogP contribution in [0.1, 0.15) is 60.4 Å². The van der Waals surface area contributed by atoms with Gasteiger partial charge in [-0.15, -0.1) is 11.7 Å². The average Bonchev–Trinajstić information content (AvgIpc) is 3.27. The Morgan fingerprint density at radius 2 is 1.92 bits per heavy atom. The van der Waals surface area contributed by atoms with Crippen molar-refractivity contribution in [3.63, 3.8) is 0 Å². The molecule has 0 amide bonds. The molecule has 2 heterocycles. The van der Waals surface area contributed by atoms with E-state index in [0.717, 1.165) is 12.1 Å². The second-order valence-corrected chi connectivity index (χ2v) is 12.2. The third kappa shape index (κ3) is 4.34. The lowest BCUT2D eigenvalue weighted by Crippen LogP contribution is -2.54. The Balaban J connectivity index is 1.51. The minimum Gasteiger partial charge on any atom is -0.391 e. The van der Waals surface area contributed by atoms with Gasteiger partial charge in [-0.3, -0.25) is 0 Å². The van der Waals surface area contributed by atoms with Gasteiger partial charge in [-0.25, -0.2) is 27.1 Å². The minimum absolute atomic E-state index is 0.0404. The monoisotopic (exact) mass is 531 g/mol. The molecule has 11 heteroatoms. The number of aliphatic hydroxyl groups is 1. The second-order valence-electron chi connectivity index (χ2n) is 10.1. The zero-order valence-electron chi connectivity index (χ0n) is 20.2. The van der Waals surface area contributed by atoms with Crippen LogP contribution < -0.4 is 5.76 Å². The summed E-state index contributed by atoms with van der Waals surface area (Å²) in [5, 5.41) is 15.5. The van der Waals surface area contributed by atoms with E-state index in [4.69, 9.17) is 4.42 Å². The van der Waals surface area contributed by atoms with Crippen LogP contribution in [-0.2, 0) is 22.0 Å². The molecule has 0 unspecified atom stereocenters. The first-order valence-electron chi connectivity index (χ1n) is 11.9. The molecule has 1 saturated heterocycles. The SMILES string of the molecule is C=C[C@H]1CC[C@H](c2ccccc2)S(=O)(=O)N1Cc1cc(F)c(C2(c3n[nH]c(=O)o3)CC(C)(O)C2)cc1F. The quantitative estimate of drug-likeness (QED) is 0.469. The van der Waals surface area contributed by atoms with Crippen LogP contribution in [0.2, 0.25) is 0 Å². The van der Waals surface area contributed by atoms with E-state index in [1.54, 1.807) is 37.3 Å². The van der Waals surface area contributed by atoms with Crippen LogP contribution in [0.15, 0.2) is 64.3 Å². The summed E-state index contributed by atoms with van der Waals surface area (Å²) >= 11 is 0.